The predicted molar refractivity (Wildman–Crippen MR) is 88.4 cm³/mol. The highest BCUT2D eigenvalue weighted by Crippen LogP contribution is 2.57. The summed E-state index contributed by atoms with van der Waals surface area (Å²) < 4.78 is 0. The molecule has 0 saturated heterocycles. The third kappa shape index (κ3) is 2.05. The SMILES string of the molecule is CNC(=O)c1cccc(CN2C(=O)C3(CC3)c3ccccc32)c1. The van der Waals surface area contributed by atoms with Gasteiger partial charge in [0.1, 0.15) is 0 Å². The number of nitrogens with one attached hydrogen (secondary N) is 1. The first-order valence-electron chi connectivity index (χ1n) is 7.88. The molecule has 0 aromatic heterocycles. The van der Waals surface area contributed by atoms with E-state index in [0.29, 0.717) is 12.1 Å². The van der Waals surface area contributed by atoms with Crippen molar-refractivity contribution in [2.75, 3.05) is 11.9 Å². The quantitative estimate of drug-likeness (QED) is 0.947. The highest BCUT2D eigenvalue weighted by molar-refractivity contribution is 6.10. The number of hydrogen-bond acceptors (Lipinski definition) is 2. The van der Waals surface area contributed by atoms with E-state index < -0.39 is 0 Å². The van der Waals surface area contributed by atoms with Gasteiger partial charge in [-0.2, -0.15) is 0 Å². The minimum atomic E-state index is -0.269. The Bertz CT molecular complexity index is 809. The van der Waals surface area contributed by atoms with Crippen LogP contribution in [0, 0.1) is 0 Å². The molecule has 1 saturated carbocycles. The van der Waals surface area contributed by atoms with Crippen molar-refractivity contribution in [1.82, 2.24) is 5.32 Å². The number of carbonyl (C=O) groups is 2. The van der Waals surface area contributed by atoms with Gasteiger partial charge in [-0.15, -0.1) is 0 Å². The second-order valence-electron chi connectivity index (χ2n) is 6.27. The molecule has 1 heterocycles. The molecule has 4 nitrogen and oxygen atoms in total. The highest BCUT2D eigenvalue weighted by Gasteiger charge is 2.58. The Labute approximate surface area is 135 Å². The standard InChI is InChI=1S/C19H18N2O2/c1-20-17(22)14-6-4-5-13(11-14)12-21-16-8-3-2-7-15(16)19(9-10-19)18(21)23/h2-8,11H,9-10,12H2,1H3,(H,20,22). The number of para-hydroxylation sites is 1. The van der Waals surface area contributed by atoms with Gasteiger partial charge in [0, 0.05) is 18.3 Å². The van der Waals surface area contributed by atoms with Gasteiger partial charge >= 0.3 is 0 Å². The van der Waals surface area contributed by atoms with Crippen molar-refractivity contribution in [2.24, 2.45) is 0 Å². The first-order chi connectivity index (χ1) is 11.2. The van der Waals surface area contributed by atoms with Crippen LogP contribution in [0.3, 0.4) is 0 Å². The Morgan fingerprint density at radius 1 is 1.17 bits per heavy atom. The normalized spacial score (nSPS) is 17.3. The summed E-state index contributed by atoms with van der Waals surface area (Å²) in [6.45, 7) is 0.502. The number of hydrogen-bond donors (Lipinski definition) is 1. The summed E-state index contributed by atoms with van der Waals surface area (Å²) in [5.74, 6) is 0.0858. The van der Waals surface area contributed by atoms with Crippen molar-refractivity contribution in [3.63, 3.8) is 0 Å². The molecule has 116 valence electrons. The largest absolute Gasteiger partial charge is 0.355 e. The van der Waals surface area contributed by atoms with Crippen LogP contribution >= 0.6 is 0 Å². The lowest BCUT2D eigenvalue weighted by Crippen LogP contribution is -2.31. The number of anilines is 1. The third-order valence-corrected chi connectivity index (χ3v) is 4.87. The molecule has 2 aromatic carbocycles. The zero-order valence-corrected chi connectivity index (χ0v) is 13.0. The van der Waals surface area contributed by atoms with Gasteiger partial charge in [-0.05, 0) is 42.2 Å². The molecule has 0 atom stereocenters. The fraction of sp³-hybridized carbons (Fsp3) is 0.263. The van der Waals surface area contributed by atoms with Gasteiger partial charge in [0.15, 0.2) is 0 Å². The van der Waals surface area contributed by atoms with Crippen molar-refractivity contribution < 1.29 is 9.59 Å². The fourth-order valence-corrected chi connectivity index (χ4v) is 3.50. The second kappa shape index (κ2) is 4.95. The lowest BCUT2D eigenvalue weighted by Gasteiger charge is -2.18. The molecule has 2 aliphatic rings. The van der Waals surface area contributed by atoms with Crippen molar-refractivity contribution in [3.8, 4) is 0 Å². The smallest absolute Gasteiger partial charge is 0.251 e. The van der Waals surface area contributed by atoms with E-state index >= 15 is 0 Å². The van der Waals surface area contributed by atoms with Crippen LogP contribution in [0.5, 0.6) is 0 Å². The highest BCUT2D eigenvalue weighted by atomic mass is 16.2. The summed E-state index contributed by atoms with van der Waals surface area (Å²) in [6.07, 6.45) is 1.88. The predicted octanol–water partition coefficient (Wildman–Crippen LogP) is 2.62. The van der Waals surface area contributed by atoms with Gasteiger partial charge in [-0.3, -0.25) is 9.59 Å². The minimum absolute atomic E-state index is 0.112. The molecule has 1 aliphatic carbocycles. The summed E-state index contributed by atoms with van der Waals surface area (Å²) in [6, 6.07) is 15.5. The van der Waals surface area contributed by atoms with Crippen LogP contribution in [-0.2, 0) is 16.8 Å². The maximum Gasteiger partial charge on any atom is 0.251 e. The van der Waals surface area contributed by atoms with Crippen LogP contribution in [-0.4, -0.2) is 18.9 Å². The molecule has 0 radical (unpaired) electrons. The molecule has 1 N–H and O–H groups in total. The average molecular weight is 306 g/mol. The molecule has 4 rings (SSSR count). The van der Waals surface area contributed by atoms with E-state index in [1.165, 1.54) is 0 Å². The zero-order valence-electron chi connectivity index (χ0n) is 13.0. The van der Waals surface area contributed by atoms with Crippen LogP contribution in [0.15, 0.2) is 48.5 Å². The number of carbonyl (C=O) groups excluding carboxylic acids is 2. The maximum absolute atomic E-state index is 12.9. The number of rotatable bonds is 3. The second-order valence-corrected chi connectivity index (χ2v) is 6.27. The number of amides is 2. The van der Waals surface area contributed by atoms with Crippen LogP contribution in [0.25, 0.3) is 0 Å². The van der Waals surface area contributed by atoms with E-state index in [2.05, 4.69) is 11.4 Å². The van der Waals surface area contributed by atoms with Gasteiger partial charge in [0.25, 0.3) is 5.91 Å². The monoisotopic (exact) mass is 306 g/mol. The Morgan fingerprint density at radius 2 is 1.96 bits per heavy atom. The van der Waals surface area contributed by atoms with Crippen molar-refractivity contribution >= 4 is 17.5 Å². The Kier molecular flexibility index (Phi) is 3.01. The van der Waals surface area contributed by atoms with Gasteiger partial charge in [-0.25, -0.2) is 0 Å². The van der Waals surface area contributed by atoms with Gasteiger partial charge in [-0.1, -0.05) is 30.3 Å². The summed E-state index contributed by atoms with van der Waals surface area (Å²) >= 11 is 0. The van der Waals surface area contributed by atoms with E-state index in [1.54, 1.807) is 13.1 Å². The summed E-state index contributed by atoms with van der Waals surface area (Å²) in [5.41, 5.74) is 3.49. The molecule has 23 heavy (non-hydrogen) atoms. The topological polar surface area (TPSA) is 49.4 Å². The summed E-state index contributed by atoms with van der Waals surface area (Å²) in [4.78, 5) is 26.5. The molecule has 1 fully saturated rings. The van der Waals surface area contributed by atoms with E-state index in [0.717, 1.165) is 29.7 Å². The van der Waals surface area contributed by atoms with E-state index in [9.17, 15) is 9.59 Å². The number of fused-ring (bicyclic) bond motifs is 2. The molecule has 2 amide bonds. The first kappa shape index (κ1) is 14.0. The molecule has 1 aliphatic heterocycles. The van der Waals surface area contributed by atoms with Gasteiger partial charge in [0.2, 0.25) is 5.91 Å². The molecule has 1 spiro atoms. The lowest BCUT2D eigenvalue weighted by atomic mass is 9.98. The summed E-state index contributed by atoms with van der Waals surface area (Å²) in [5, 5.41) is 2.63. The third-order valence-electron chi connectivity index (χ3n) is 4.87. The van der Waals surface area contributed by atoms with Crippen LogP contribution in [0.2, 0.25) is 0 Å². The molecular formula is C19H18N2O2. The van der Waals surface area contributed by atoms with E-state index in [4.69, 9.17) is 0 Å². The lowest BCUT2D eigenvalue weighted by molar-refractivity contribution is -0.120. The molecule has 0 bridgehead atoms. The molecule has 4 heteroatoms. The van der Waals surface area contributed by atoms with Crippen molar-refractivity contribution in [1.29, 1.82) is 0 Å². The molecular weight excluding hydrogens is 288 g/mol. The van der Waals surface area contributed by atoms with Gasteiger partial charge in [0.05, 0.1) is 12.0 Å². The van der Waals surface area contributed by atoms with E-state index in [-0.39, 0.29) is 17.2 Å². The Hall–Kier alpha value is -2.62. The average Bonchev–Trinajstić information content (AvgIpc) is 3.36. The number of nitrogens with zero attached hydrogens (tertiary/aromatic N) is 1. The van der Waals surface area contributed by atoms with Crippen molar-refractivity contribution in [2.45, 2.75) is 24.8 Å². The Morgan fingerprint density at radius 3 is 2.70 bits per heavy atom. The van der Waals surface area contributed by atoms with Crippen LogP contribution in [0.1, 0.15) is 34.3 Å². The van der Waals surface area contributed by atoms with Crippen molar-refractivity contribution in [3.05, 3.63) is 65.2 Å². The van der Waals surface area contributed by atoms with Crippen LogP contribution in [0.4, 0.5) is 5.69 Å². The van der Waals surface area contributed by atoms with Crippen LogP contribution < -0.4 is 10.2 Å². The van der Waals surface area contributed by atoms with E-state index in [1.807, 2.05) is 41.3 Å². The minimum Gasteiger partial charge on any atom is -0.355 e. The first-order valence-corrected chi connectivity index (χ1v) is 7.88. The van der Waals surface area contributed by atoms with Gasteiger partial charge < -0.3 is 10.2 Å². The molecule has 0 unspecified atom stereocenters. The molecule has 2 aromatic rings. The Balaban J connectivity index is 1.68. The maximum atomic E-state index is 12.9. The number of benzene rings is 2. The fourth-order valence-electron chi connectivity index (χ4n) is 3.50. The zero-order chi connectivity index (χ0) is 16.0. The summed E-state index contributed by atoms with van der Waals surface area (Å²) in [7, 11) is 1.62.